The fourth-order valence-electron chi connectivity index (χ4n) is 5.66. The minimum atomic E-state index is -1.61. The van der Waals surface area contributed by atoms with Gasteiger partial charge in [-0.15, -0.1) is 59.7 Å². The van der Waals surface area contributed by atoms with Crippen LogP contribution in [-0.4, -0.2) is 9.97 Å². The van der Waals surface area contributed by atoms with Crippen LogP contribution in [0.1, 0.15) is 38.8 Å². The van der Waals surface area contributed by atoms with Crippen molar-refractivity contribution in [2.75, 3.05) is 0 Å². The van der Waals surface area contributed by atoms with Crippen molar-refractivity contribution in [1.29, 1.82) is 0 Å². The van der Waals surface area contributed by atoms with E-state index in [4.69, 9.17) is 7.16 Å². The van der Waals surface area contributed by atoms with Crippen molar-refractivity contribution in [2.24, 2.45) is 0 Å². The number of fused-ring (bicyclic) bond motifs is 3. The maximum atomic E-state index is 8.60. The van der Waals surface area contributed by atoms with Crippen molar-refractivity contribution in [3.05, 3.63) is 192 Å². The van der Waals surface area contributed by atoms with Gasteiger partial charge in [0.1, 0.15) is 5.58 Å². The third-order valence-corrected chi connectivity index (χ3v) is 8.37. The molecule has 0 aliphatic carbocycles. The van der Waals surface area contributed by atoms with E-state index in [1.54, 1.807) is 30.5 Å². The molecule has 0 spiro atoms. The van der Waals surface area contributed by atoms with Crippen molar-refractivity contribution < 1.29 is 27.3 Å². The Kier molecular flexibility index (Phi) is 9.27. The fourth-order valence-corrected chi connectivity index (χ4v) is 5.66. The average Bonchev–Trinajstić information content (AvgIpc) is 3.54. The molecular weight excluding hydrogens is 765 g/mol. The van der Waals surface area contributed by atoms with E-state index in [2.05, 4.69) is 72.3 Å². The predicted molar refractivity (Wildman–Crippen MR) is 192 cm³/mol. The molecule has 5 aromatic carbocycles. The topological polar surface area (TPSA) is 38.9 Å². The third kappa shape index (κ3) is 7.21. The van der Waals surface area contributed by atoms with Crippen LogP contribution in [0.2, 0.25) is 0 Å². The molecule has 0 saturated heterocycles. The number of rotatable bonds is 6. The molecule has 237 valence electrons. The molecule has 48 heavy (non-hydrogen) atoms. The van der Waals surface area contributed by atoms with Gasteiger partial charge in [0.2, 0.25) is 0 Å². The predicted octanol–water partition coefficient (Wildman–Crippen LogP) is 10.9. The van der Waals surface area contributed by atoms with Crippen LogP contribution in [0, 0.1) is 12.1 Å². The molecule has 0 saturated carbocycles. The van der Waals surface area contributed by atoms with Gasteiger partial charge in [-0.1, -0.05) is 116 Å². The van der Waals surface area contributed by atoms with Gasteiger partial charge in [-0.3, -0.25) is 0 Å². The van der Waals surface area contributed by atoms with E-state index < -0.39 is 6.37 Å². The summed E-state index contributed by atoms with van der Waals surface area (Å²) >= 11 is 0. The molecule has 0 amide bonds. The van der Waals surface area contributed by atoms with E-state index in [0.29, 0.717) is 16.8 Å². The molecule has 8 rings (SSSR count). The van der Waals surface area contributed by atoms with E-state index in [-0.39, 0.29) is 25.5 Å². The van der Waals surface area contributed by atoms with Gasteiger partial charge in [0.05, 0.1) is 5.58 Å². The minimum Gasteiger partial charge on any atom is -0.500 e. The molecule has 3 heterocycles. The number of aromatic nitrogens is 2. The van der Waals surface area contributed by atoms with Crippen molar-refractivity contribution in [3.8, 4) is 22.5 Å². The summed E-state index contributed by atoms with van der Waals surface area (Å²) in [7, 11) is 0. The Morgan fingerprint density at radius 3 is 2.12 bits per heavy atom. The van der Waals surface area contributed by atoms with Crippen LogP contribution in [-0.2, 0) is 31.9 Å². The Morgan fingerprint density at radius 2 is 1.38 bits per heavy atom. The number of hydrogen-bond donors (Lipinski definition) is 0. The zero-order valence-corrected chi connectivity index (χ0v) is 29.0. The van der Waals surface area contributed by atoms with Gasteiger partial charge in [0.15, 0.2) is 0 Å². The number of nitrogens with zero attached hydrogens (tertiary/aromatic N) is 2. The Balaban J connectivity index is 0.000000177. The van der Waals surface area contributed by atoms with Crippen molar-refractivity contribution in [2.45, 2.75) is 25.6 Å². The maximum Gasteiger partial charge on any atom is 0.120 e. The van der Waals surface area contributed by atoms with Gasteiger partial charge in [0.25, 0.3) is 0 Å². The summed E-state index contributed by atoms with van der Waals surface area (Å²) in [5, 5.41) is 2.05. The molecule has 4 heteroatoms. The van der Waals surface area contributed by atoms with Crippen LogP contribution in [0.4, 0.5) is 0 Å². The largest absolute Gasteiger partial charge is 0.500 e. The second-order valence-electron chi connectivity index (χ2n) is 11.8. The second-order valence-corrected chi connectivity index (χ2v) is 11.8. The molecule has 0 aliphatic rings. The summed E-state index contributed by atoms with van der Waals surface area (Å²) in [5.74, 6) is 0. The Labute approximate surface area is 298 Å². The second kappa shape index (κ2) is 14.7. The first kappa shape index (κ1) is 30.2. The summed E-state index contributed by atoms with van der Waals surface area (Å²) in [6, 6.07) is 53.6. The molecule has 0 N–H and O–H groups in total. The molecular formula is C44H34IrN2O-2. The molecule has 3 aromatic heterocycles. The summed E-state index contributed by atoms with van der Waals surface area (Å²) in [6.07, 6.45) is 2.02. The van der Waals surface area contributed by atoms with E-state index >= 15 is 0 Å². The van der Waals surface area contributed by atoms with Gasteiger partial charge >= 0.3 is 0 Å². The number of hydrogen-bond acceptors (Lipinski definition) is 3. The van der Waals surface area contributed by atoms with E-state index in [0.717, 1.165) is 38.8 Å². The van der Waals surface area contributed by atoms with Crippen molar-refractivity contribution in [3.63, 3.8) is 0 Å². The zero-order valence-electron chi connectivity index (χ0n) is 28.6. The number of furan rings is 1. The molecule has 3 nitrogen and oxygen atoms in total. The van der Waals surface area contributed by atoms with E-state index in [9.17, 15) is 0 Å². The smallest absolute Gasteiger partial charge is 0.120 e. The molecule has 8 aromatic rings. The van der Waals surface area contributed by atoms with E-state index in [1.807, 2.05) is 91.1 Å². The molecule has 0 aliphatic heterocycles. The van der Waals surface area contributed by atoms with E-state index in [1.165, 1.54) is 11.1 Å². The summed E-state index contributed by atoms with van der Waals surface area (Å²) in [5.41, 5.74) is 8.75. The molecule has 0 bridgehead atoms. The summed E-state index contributed by atoms with van der Waals surface area (Å²) < 4.78 is 23.1. The Bertz CT molecular complexity index is 2320. The first-order valence-corrected chi connectivity index (χ1v) is 15.7. The monoisotopic (exact) mass is 801 g/mol. The average molecular weight is 801 g/mol. The zero-order chi connectivity index (χ0) is 33.8. The van der Waals surface area contributed by atoms with Crippen LogP contribution < -0.4 is 0 Å². The first-order valence-electron chi connectivity index (χ1n) is 16.7. The van der Waals surface area contributed by atoms with Crippen LogP contribution in [0.3, 0.4) is 0 Å². The molecule has 0 unspecified atom stereocenters. The SMILES string of the molecule is CC(C)(c1ccccc1)c1ccc(-c2[c-]cccc2)nc1.[2H]C([2H])(c1ccccc1)c1ccnc(-c2[c-]cc3oc4ccccc4c3c2)c1.[Ir]. The standard InChI is InChI=1S/C24H16NO.C20H18N.Ir/c1-2-6-17(7-3-1)14-18-12-13-25-22(15-18)19-10-11-24-21(16-19)20-8-4-5-9-23(20)26-24;1-20(2,17-11-7-4-8-12-17)18-13-14-19(21-15-18)16-9-5-3-6-10-16;/h1-9,11-13,15-16H,14H2;3-9,11-15H,1-2H3;/q2*-1;/i14D2;;. The Morgan fingerprint density at radius 1 is 0.625 bits per heavy atom. The molecule has 0 atom stereocenters. The van der Waals surface area contributed by atoms with Crippen LogP contribution in [0.5, 0.6) is 0 Å². The van der Waals surface area contributed by atoms with Gasteiger partial charge in [-0.2, -0.15) is 0 Å². The number of pyridine rings is 2. The van der Waals surface area contributed by atoms with Gasteiger partial charge < -0.3 is 14.4 Å². The molecule has 1 radical (unpaired) electrons. The number of benzene rings is 5. The number of para-hydroxylation sites is 1. The summed E-state index contributed by atoms with van der Waals surface area (Å²) in [4.78, 5) is 9.07. The van der Waals surface area contributed by atoms with Crippen molar-refractivity contribution >= 4 is 21.9 Å². The maximum absolute atomic E-state index is 8.60. The van der Waals surface area contributed by atoms with Crippen LogP contribution >= 0.6 is 0 Å². The van der Waals surface area contributed by atoms with Gasteiger partial charge in [-0.05, 0) is 52.1 Å². The van der Waals surface area contributed by atoms with Crippen LogP contribution in [0.25, 0.3) is 44.5 Å². The minimum absolute atomic E-state index is 0. The quantitative estimate of drug-likeness (QED) is 0.157. The van der Waals surface area contributed by atoms with Crippen molar-refractivity contribution in [1.82, 2.24) is 9.97 Å². The normalized spacial score (nSPS) is 12.0. The first-order chi connectivity index (χ1) is 23.8. The third-order valence-electron chi connectivity index (χ3n) is 8.37. The van der Waals surface area contributed by atoms with Gasteiger partial charge in [-0.25, -0.2) is 0 Å². The summed E-state index contributed by atoms with van der Waals surface area (Å²) in [6.45, 7) is 4.46. The Hall–Kier alpha value is -5.15. The van der Waals surface area contributed by atoms with Gasteiger partial charge in [0, 0.05) is 46.0 Å². The fraction of sp³-hybridized carbons (Fsp3) is 0.0909. The van der Waals surface area contributed by atoms with Crippen LogP contribution in [0.15, 0.2) is 162 Å². The molecule has 0 fully saturated rings.